The largest absolute Gasteiger partial charge is 0.366 e. The minimum Gasteiger partial charge on any atom is -0.366 e. The number of benzene rings is 1. The Balaban J connectivity index is 1.56. The van der Waals surface area contributed by atoms with Crippen LogP contribution in [-0.4, -0.2) is 31.7 Å². The number of hydrogen-bond acceptors (Lipinski definition) is 3. The fourth-order valence-corrected chi connectivity index (χ4v) is 2.93. The standard InChI is InChI=1S/C16H22N2O2/c19-16(15-11-17-7-8-20-15)18-10-12-5-6-13-3-1-2-4-14(13)9-12/h5-6,9,15,17H,1-4,7-8,10-11H2,(H,18,19)/t15-/m0/s1. The SMILES string of the molecule is O=C(NCc1ccc2c(c1)CCCC2)[C@@H]1CNCCO1. The number of aryl methyl sites for hydroxylation is 2. The maximum atomic E-state index is 12.0. The molecule has 1 aromatic rings. The Hall–Kier alpha value is -1.39. The van der Waals surface area contributed by atoms with Crippen molar-refractivity contribution in [1.82, 2.24) is 10.6 Å². The van der Waals surface area contributed by atoms with E-state index in [1.54, 1.807) is 0 Å². The van der Waals surface area contributed by atoms with Gasteiger partial charge in [-0.1, -0.05) is 18.2 Å². The van der Waals surface area contributed by atoms with Crippen LogP contribution in [0.15, 0.2) is 18.2 Å². The van der Waals surface area contributed by atoms with Crippen molar-refractivity contribution in [2.45, 2.75) is 38.3 Å². The molecule has 3 rings (SSSR count). The first-order chi connectivity index (χ1) is 9.83. The van der Waals surface area contributed by atoms with Crippen molar-refractivity contribution in [3.63, 3.8) is 0 Å². The highest BCUT2D eigenvalue weighted by molar-refractivity contribution is 5.81. The van der Waals surface area contributed by atoms with Crippen molar-refractivity contribution >= 4 is 5.91 Å². The van der Waals surface area contributed by atoms with Gasteiger partial charge in [0.1, 0.15) is 6.10 Å². The van der Waals surface area contributed by atoms with Crippen LogP contribution in [0, 0.1) is 0 Å². The molecule has 0 radical (unpaired) electrons. The van der Waals surface area contributed by atoms with Crippen LogP contribution >= 0.6 is 0 Å². The molecule has 1 atom stereocenters. The molecule has 2 aliphatic rings. The van der Waals surface area contributed by atoms with Crippen LogP contribution in [0.2, 0.25) is 0 Å². The number of carbonyl (C=O) groups excluding carboxylic acids is 1. The second kappa shape index (κ2) is 6.37. The lowest BCUT2D eigenvalue weighted by molar-refractivity contribution is -0.134. The van der Waals surface area contributed by atoms with Gasteiger partial charge >= 0.3 is 0 Å². The summed E-state index contributed by atoms with van der Waals surface area (Å²) in [5.41, 5.74) is 4.12. The molecule has 20 heavy (non-hydrogen) atoms. The number of morpholine rings is 1. The third-order valence-electron chi connectivity index (χ3n) is 4.10. The van der Waals surface area contributed by atoms with Crippen molar-refractivity contribution in [1.29, 1.82) is 0 Å². The average molecular weight is 274 g/mol. The second-order valence-electron chi connectivity index (χ2n) is 5.59. The summed E-state index contributed by atoms with van der Waals surface area (Å²) in [6.45, 7) is 2.63. The third kappa shape index (κ3) is 3.19. The van der Waals surface area contributed by atoms with Crippen LogP contribution in [0.25, 0.3) is 0 Å². The van der Waals surface area contributed by atoms with E-state index in [1.807, 2.05) is 0 Å². The summed E-state index contributed by atoms with van der Waals surface area (Å²) in [5.74, 6) is -0.0186. The first-order valence-electron chi connectivity index (χ1n) is 7.53. The summed E-state index contributed by atoms with van der Waals surface area (Å²) < 4.78 is 5.44. The fourth-order valence-electron chi connectivity index (χ4n) is 2.93. The Bertz CT molecular complexity index is 481. The molecule has 2 N–H and O–H groups in total. The second-order valence-corrected chi connectivity index (χ2v) is 5.59. The molecule has 1 aliphatic heterocycles. The van der Waals surface area contributed by atoms with Gasteiger partial charge in [-0.3, -0.25) is 4.79 Å². The summed E-state index contributed by atoms with van der Waals surface area (Å²) in [6, 6.07) is 6.59. The lowest BCUT2D eigenvalue weighted by Gasteiger charge is -2.23. The van der Waals surface area contributed by atoms with Crippen LogP contribution in [-0.2, 0) is 28.9 Å². The Kier molecular flexibility index (Phi) is 4.33. The van der Waals surface area contributed by atoms with Crippen molar-refractivity contribution in [3.05, 3.63) is 34.9 Å². The van der Waals surface area contributed by atoms with Gasteiger partial charge in [-0.05, 0) is 42.4 Å². The molecule has 0 bridgehead atoms. The average Bonchev–Trinajstić information content (AvgIpc) is 2.53. The maximum Gasteiger partial charge on any atom is 0.250 e. The Morgan fingerprint density at radius 2 is 2.15 bits per heavy atom. The highest BCUT2D eigenvalue weighted by Gasteiger charge is 2.21. The minimum atomic E-state index is -0.346. The molecule has 1 aromatic carbocycles. The van der Waals surface area contributed by atoms with E-state index in [1.165, 1.54) is 42.4 Å². The van der Waals surface area contributed by atoms with E-state index in [0.29, 0.717) is 19.7 Å². The highest BCUT2D eigenvalue weighted by atomic mass is 16.5. The van der Waals surface area contributed by atoms with Gasteiger partial charge in [0.05, 0.1) is 6.61 Å². The van der Waals surface area contributed by atoms with E-state index in [0.717, 1.165) is 6.54 Å². The highest BCUT2D eigenvalue weighted by Crippen LogP contribution is 2.22. The quantitative estimate of drug-likeness (QED) is 0.870. The number of hydrogen-bond donors (Lipinski definition) is 2. The van der Waals surface area contributed by atoms with Gasteiger partial charge in [0.15, 0.2) is 0 Å². The molecule has 1 saturated heterocycles. The van der Waals surface area contributed by atoms with Crippen LogP contribution in [0.1, 0.15) is 29.5 Å². The predicted molar refractivity (Wildman–Crippen MR) is 77.5 cm³/mol. The van der Waals surface area contributed by atoms with Gasteiger partial charge < -0.3 is 15.4 Å². The number of fused-ring (bicyclic) bond motifs is 1. The number of ether oxygens (including phenoxy) is 1. The van der Waals surface area contributed by atoms with Gasteiger partial charge in [-0.15, -0.1) is 0 Å². The molecule has 1 aliphatic carbocycles. The maximum absolute atomic E-state index is 12.0. The summed E-state index contributed by atoms with van der Waals surface area (Å²) in [6.07, 6.45) is 4.61. The Morgan fingerprint density at radius 3 is 2.95 bits per heavy atom. The fraction of sp³-hybridized carbons (Fsp3) is 0.562. The Morgan fingerprint density at radius 1 is 1.30 bits per heavy atom. The number of rotatable bonds is 3. The third-order valence-corrected chi connectivity index (χ3v) is 4.10. The molecule has 1 amide bonds. The van der Waals surface area contributed by atoms with Crippen molar-refractivity contribution < 1.29 is 9.53 Å². The first kappa shape index (κ1) is 13.6. The van der Waals surface area contributed by atoms with Crippen molar-refractivity contribution in [2.24, 2.45) is 0 Å². The Labute approximate surface area is 119 Å². The summed E-state index contributed by atoms with van der Waals surface area (Å²) in [5, 5.41) is 6.14. The topological polar surface area (TPSA) is 50.4 Å². The monoisotopic (exact) mass is 274 g/mol. The molecule has 108 valence electrons. The van der Waals surface area contributed by atoms with Crippen LogP contribution in [0.3, 0.4) is 0 Å². The molecule has 1 heterocycles. The van der Waals surface area contributed by atoms with Crippen molar-refractivity contribution in [3.8, 4) is 0 Å². The van der Waals surface area contributed by atoms with E-state index in [9.17, 15) is 4.79 Å². The zero-order valence-corrected chi connectivity index (χ0v) is 11.8. The van der Waals surface area contributed by atoms with Crippen LogP contribution in [0.4, 0.5) is 0 Å². The number of nitrogens with one attached hydrogen (secondary N) is 2. The number of carbonyl (C=O) groups is 1. The zero-order valence-electron chi connectivity index (χ0n) is 11.8. The molecule has 0 aromatic heterocycles. The van der Waals surface area contributed by atoms with Gasteiger partial charge in [0, 0.05) is 19.6 Å². The van der Waals surface area contributed by atoms with Crippen molar-refractivity contribution in [2.75, 3.05) is 19.7 Å². The van der Waals surface area contributed by atoms with Gasteiger partial charge in [-0.2, -0.15) is 0 Å². The summed E-state index contributed by atoms with van der Waals surface area (Å²) in [4.78, 5) is 12.0. The molecule has 4 nitrogen and oxygen atoms in total. The zero-order chi connectivity index (χ0) is 13.8. The van der Waals surface area contributed by atoms with Gasteiger partial charge in [-0.25, -0.2) is 0 Å². The molecular formula is C16H22N2O2. The van der Waals surface area contributed by atoms with Crippen LogP contribution in [0.5, 0.6) is 0 Å². The number of amides is 1. The van der Waals surface area contributed by atoms with Gasteiger partial charge in [0.2, 0.25) is 0 Å². The predicted octanol–water partition coefficient (Wildman–Crippen LogP) is 1.17. The van der Waals surface area contributed by atoms with Crippen LogP contribution < -0.4 is 10.6 Å². The smallest absolute Gasteiger partial charge is 0.250 e. The molecule has 1 fully saturated rings. The van der Waals surface area contributed by atoms with E-state index >= 15 is 0 Å². The van der Waals surface area contributed by atoms with E-state index in [4.69, 9.17) is 4.74 Å². The van der Waals surface area contributed by atoms with E-state index in [2.05, 4.69) is 28.8 Å². The lowest BCUT2D eigenvalue weighted by Crippen LogP contribution is -2.47. The summed E-state index contributed by atoms with van der Waals surface area (Å²) >= 11 is 0. The van der Waals surface area contributed by atoms with Gasteiger partial charge in [0.25, 0.3) is 5.91 Å². The lowest BCUT2D eigenvalue weighted by atomic mass is 9.90. The van der Waals surface area contributed by atoms with E-state index in [-0.39, 0.29) is 12.0 Å². The summed E-state index contributed by atoms with van der Waals surface area (Å²) in [7, 11) is 0. The molecular weight excluding hydrogens is 252 g/mol. The normalized spacial score (nSPS) is 22.1. The van der Waals surface area contributed by atoms with E-state index < -0.39 is 0 Å². The molecule has 0 spiro atoms. The molecule has 4 heteroatoms. The minimum absolute atomic E-state index is 0.0186. The first-order valence-corrected chi connectivity index (χ1v) is 7.53. The molecule has 0 saturated carbocycles. The molecule has 0 unspecified atom stereocenters.